The minimum atomic E-state index is -0.504. The maximum absolute atomic E-state index is 11.9. The van der Waals surface area contributed by atoms with Gasteiger partial charge >= 0.3 is 5.97 Å². The average molecular weight is 287 g/mol. The van der Waals surface area contributed by atoms with Crippen LogP contribution < -0.4 is 0 Å². The van der Waals surface area contributed by atoms with Crippen molar-refractivity contribution in [3.63, 3.8) is 0 Å². The molecular formula is C15H17N3O3. The van der Waals surface area contributed by atoms with Crippen LogP contribution in [0.15, 0.2) is 41.7 Å². The molecule has 0 bridgehead atoms. The van der Waals surface area contributed by atoms with Gasteiger partial charge in [-0.1, -0.05) is 18.2 Å². The first kappa shape index (κ1) is 14.8. The van der Waals surface area contributed by atoms with E-state index in [1.165, 1.54) is 6.40 Å². The zero-order valence-electron chi connectivity index (χ0n) is 12.0. The van der Waals surface area contributed by atoms with Crippen LogP contribution in [-0.4, -0.2) is 35.1 Å². The lowest BCUT2D eigenvalue weighted by Crippen LogP contribution is -2.06. The topological polar surface area (TPSA) is 65.7 Å². The Hall–Kier alpha value is -2.63. The molecule has 0 spiro atoms. The molecule has 0 atom stereocenters. The van der Waals surface area contributed by atoms with E-state index in [4.69, 9.17) is 9.47 Å². The molecule has 110 valence electrons. The Kier molecular flexibility index (Phi) is 5.09. The van der Waals surface area contributed by atoms with Gasteiger partial charge in [0.25, 0.3) is 0 Å². The number of nitrogens with zero attached hydrogens (tertiary/aromatic N) is 3. The number of benzene rings is 1. The molecule has 0 radical (unpaired) electrons. The number of rotatable bonds is 6. The van der Waals surface area contributed by atoms with E-state index >= 15 is 0 Å². The van der Waals surface area contributed by atoms with Gasteiger partial charge in [0.15, 0.2) is 17.9 Å². The minimum Gasteiger partial charge on any atom is -0.483 e. The van der Waals surface area contributed by atoms with E-state index in [1.807, 2.05) is 37.3 Å². The molecule has 0 aliphatic heterocycles. The molecule has 6 nitrogen and oxygen atoms in total. The molecule has 2 aromatic rings. The van der Waals surface area contributed by atoms with Crippen LogP contribution in [0, 0.1) is 0 Å². The number of carbonyl (C=O) groups is 1. The van der Waals surface area contributed by atoms with Crippen LogP contribution in [0.4, 0.5) is 5.82 Å². The molecule has 1 aromatic carbocycles. The molecule has 0 amide bonds. The number of esters is 1. The van der Waals surface area contributed by atoms with Gasteiger partial charge in [-0.15, -0.1) is 0 Å². The van der Waals surface area contributed by atoms with Crippen molar-refractivity contribution in [1.82, 2.24) is 9.55 Å². The zero-order chi connectivity index (χ0) is 15.1. The highest BCUT2D eigenvalue weighted by Gasteiger charge is 2.19. The van der Waals surface area contributed by atoms with E-state index in [0.717, 1.165) is 5.69 Å². The van der Waals surface area contributed by atoms with E-state index in [0.29, 0.717) is 12.4 Å². The van der Waals surface area contributed by atoms with Crippen LogP contribution in [0.5, 0.6) is 0 Å². The summed E-state index contributed by atoms with van der Waals surface area (Å²) in [7, 11) is 0. The molecule has 0 saturated heterocycles. The highest BCUT2D eigenvalue weighted by atomic mass is 16.5. The van der Waals surface area contributed by atoms with Crippen LogP contribution >= 0.6 is 0 Å². The molecule has 0 aliphatic rings. The Balaban J connectivity index is 2.43. The predicted molar refractivity (Wildman–Crippen MR) is 79.3 cm³/mol. The fourth-order valence-electron chi connectivity index (χ4n) is 1.75. The number of ether oxygens (including phenoxy) is 2. The second-order valence-corrected chi connectivity index (χ2v) is 4.03. The normalized spacial score (nSPS) is 10.8. The molecule has 0 saturated carbocycles. The maximum atomic E-state index is 11.9. The summed E-state index contributed by atoms with van der Waals surface area (Å²) in [4.78, 5) is 20.2. The Morgan fingerprint density at radius 2 is 2.05 bits per heavy atom. The molecule has 21 heavy (non-hydrogen) atoms. The maximum Gasteiger partial charge on any atom is 0.360 e. The van der Waals surface area contributed by atoms with Crippen molar-refractivity contribution in [3.05, 3.63) is 42.4 Å². The number of aromatic nitrogens is 2. The molecule has 6 heteroatoms. The fraction of sp³-hybridized carbons (Fsp3) is 0.267. The van der Waals surface area contributed by atoms with Crippen LogP contribution in [0.3, 0.4) is 0 Å². The largest absolute Gasteiger partial charge is 0.483 e. The standard InChI is InChI=1S/C15H17N3O3/c1-3-20-11-17-14-13(15(19)21-4-2)16-10-18(14)12-8-6-5-7-9-12/h5-11H,3-4H2,1-2H3/b17-11+. The quantitative estimate of drug-likeness (QED) is 0.465. The second kappa shape index (κ2) is 7.23. The van der Waals surface area contributed by atoms with Gasteiger partial charge in [-0.25, -0.2) is 9.78 Å². The zero-order valence-corrected chi connectivity index (χ0v) is 12.0. The van der Waals surface area contributed by atoms with Gasteiger partial charge in [-0.05, 0) is 26.0 Å². The predicted octanol–water partition coefficient (Wildman–Crippen LogP) is 2.75. The van der Waals surface area contributed by atoms with Gasteiger partial charge in [0.2, 0.25) is 0 Å². The Morgan fingerprint density at radius 1 is 1.29 bits per heavy atom. The Morgan fingerprint density at radius 3 is 2.71 bits per heavy atom. The molecular weight excluding hydrogens is 270 g/mol. The van der Waals surface area contributed by atoms with Crippen molar-refractivity contribution in [2.75, 3.05) is 13.2 Å². The summed E-state index contributed by atoms with van der Waals surface area (Å²) in [6, 6.07) is 9.51. The van der Waals surface area contributed by atoms with Crippen molar-refractivity contribution < 1.29 is 14.3 Å². The van der Waals surface area contributed by atoms with Gasteiger partial charge in [0.05, 0.1) is 13.2 Å². The second-order valence-electron chi connectivity index (χ2n) is 4.03. The lowest BCUT2D eigenvalue weighted by molar-refractivity contribution is 0.0521. The highest BCUT2D eigenvalue weighted by Crippen LogP contribution is 2.23. The molecule has 0 aliphatic carbocycles. The molecule has 2 rings (SSSR count). The van der Waals surface area contributed by atoms with Crippen molar-refractivity contribution in [1.29, 1.82) is 0 Å². The number of carbonyl (C=O) groups excluding carboxylic acids is 1. The molecule has 0 N–H and O–H groups in total. The van der Waals surface area contributed by atoms with E-state index in [1.54, 1.807) is 17.8 Å². The van der Waals surface area contributed by atoms with Crippen LogP contribution in [0.25, 0.3) is 5.69 Å². The van der Waals surface area contributed by atoms with Gasteiger partial charge in [0.1, 0.15) is 6.33 Å². The van der Waals surface area contributed by atoms with Crippen molar-refractivity contribution in [2.45, 2.75) is 13.8 Å². The van der Waals surface area contributed by atoms with E-state index in [-0.39, 0.29) is 12.3 Å². The third kappa shape index (κ3) is 3.47. The monoisotopic (exact) mass is 287 g/mol. The van der Waals surface area contributed by atoms with Crippen molar-refractivity contribution >= 4 is 18.2 Å². The van der Waals surface area contributed by atoms with Crippen molar-refractivity contribution in [2.24, 2.45) is 4.99 Å². The van der Waals surface area contributed by atoms with Crippen LogP contribution in [-0.2, 0) is 9.47 Å². The molecule has 1 aromatic heterocycles. The van der Waals surface area contributed by atoms with Gasteiger partial charge in [-0.3, -0.25) is 4.57 Å². The average Bonchev–Trinajstić information content (AvgIpc) is 2.93. The molecule has 1 heterocycles. The van der Waals surface area contributed by atoms with Gasteiger partial charge < -0.3 is 9.47 Å². The summed E-state index contributed by atoms with van der Waals surface area (Å²) in [5, 5.41) is 0. The number of imidazole rings is 1. The minimum absolute atomic E-state index is 0.164. The Labute approximate surface area is 123 Å². The van der Waals surface area contributed by atoms with E-state index < -0.39 is 5.97 Å². The smallest absolute Gasteiger partial charge is 0.360 e. The third-order valence-corrected chi connectivity index (χ3v) is 2.66. The van der Waals surface area contributed by atoms with Crippen LogP contribution in [0.2, 0.25) is 0 Å². The van der Waals surface area contributed by atoms with Gasteiger partial charge in [-0.2, -0.15) is 4.99 Å². The first-order chi connectivity index (χ1) is 10.3. The number of aliphatic imine (C=N–C) groups is 1. The SMILES string of the molecule is CCO/C=N/c1c(C(=O)OCC)ncn1-c1ccccc1. The third-order valence-electron chi connectivity index (χ3n) is 2.66. The fourth-order valence-corrected chi connectivity index (χ4v) is 1.75. The highest BCUT2D eigenvalue weighted by molar-refractivity contribution is 5.92. The summed E-state index contributed by atoms with van der Waals surface area (Å²) in [6.45, 7) is 4.38. The Bertz CT molecular complexity index is 620. The lowest BCUT2D eigenvalue weighted by atomic mass is 10.3. The lowest BCUT2D eigenvalue weighted by Gasteiger charge is -2.05. The summed E-state index contributed by atoms with van der Waals surface area (Å²) in [6.07, 6.45) is 2.85. The molecule has 0 unspecified atom stereocenters. The van der Waals surface area contributed by atoms with E-state index in [2.05, 4.69) is 9.98 Å². The summed E-state index contributed by atoms with van der Waals surface area (Å²) >= 11 is 0. The number of para-hydroxylation sites is 1. The molecule has 0 fully saturated rings. The van der Waals surface area contributed by atoms with E-state index in [9.17, 15) is 4.79 Å². The van der Waals surface area contributed by atoms with Crippen molar-refractivity contribution in [3.8, 4) is 5.69 Å². The summed E-state index contributed by atoms with van der Waals surface area (Å²) in [5.74, 6) is -0.121. The summed E-state index contributed by atoms with van der Waals surface area (Å²) < 4.78 is 11.8. The van der Waals surface area contributed by atoms with Gasteiger partial charge in [0, 0.05) is 5.69 Å². The first-order valence-corrected chi connectivity index (χ1v) is 6.72. The summed E-state index contributed by atoms with van der Waals surface area (Å²) in [5.41, 5.74) is 1.01. The number of hydrogen-bond acceptors (Lipinski definition) is 5. The first-order valence-electron chi connectivity index (χ1n) is 6.72. The number of hydrogen-bond donors (Lipinski definition) is 0. The van der Waals surface area contributed by atoms with Crippen LogP contribution in [0.1, 0.15) is 24.3 Å².